The van der Waals surface area contributed by atoms with Crippen LogP contribution >= 0.6 is 0 Å². The van der Waals surface area contributed by atoms with Gasteiger partial charge in [0.1, 0.15) is 5.75 Å². The van der Waals surface area contributed by atoms with E-state index in [0.717, 1.165) is 43.4 Å². The molecule has 120 valence electrons. The molecule has 1 aliphatic heterocycles. The van der Waals surface area contributed by atoms with Gasteiger partial charge in [-0.25, -0.2) is 0 Å². The lowest BCUT2D eigenvalue weighted by molar-refractivity contribution is 0.102. The van der Waals surface area contributed by atoms with Crippen molar-refractivity contribution in [2.45, 2.75) is 0 Å². The molecule has 1 heterocycles. The maximum absolute atomic E-state index is 12.2. The van der Waals surface area contributed by atoms with Crippen LogP contribution in [0.1, 0.15) is 10.4 Å². The van der Waals surface area contributed by atoms with Crippen LogP contribution < -0.4 is 15.0 Å². The van der Waals surface area contributed by atoms with Gasteiger partial charge in [0.25, 0.3) is 5.91 Å². The van der Waals surface area contributed by atoms with Crippen molar-refractivity contribution in [3.05, 3.63) is 54.1 Å². The molecule has 5 heteroatoms. The summed E-state index contributed by atoms with van der Waals surface area (Å²) < 4.78 is 10.4. The lowest BCUT2D eigenvalue weighted by Gasteiger charge is -2.28. The Balaban J connectivity index is 1.63. The highest BCUT2D eigenvalue weighted by Crippen LogP contribution is 2.20. The summed E-state index contributed by atoms with van der Waals surface area (Å²) in [5.41, 5.74) is 2.53. The minimum Gasteiger partial charge on any atom is -0.497 e. The molecule has 1 fully saturated rings. The summed E-state index contributed by atoms with van der Waals surface area (Å²) in [6.45, 7) is 3.32. The number of carbonyl (C=O) groups is 1. The van der Waals surface area contributed by atoms with Crippen LogP contribution in [0.25, 0.3) is 0 Å². The van der Waals surface area contributed by atoms with Crippen LogP contribution in [0.15, 0.2) is 48.5 Å². The third-order valence-electron chi connectivity index (χ3n) is 3.85. The fourth-order valence-corrected chi connectivity index (χ4v) is 2.52. The first kappa shape index (κ1) is 15.4. The van der Waals surface area contributed by atoms with Crippen LogP contribution in [0.4, 0.5) is 11.4 Å². The number of nitrogens with zero attached hydrogens (tertiary/aromatic N) is 1. The summed E-state index contributed by atoms with van der Waals surface area (Å²) in [5, 5.41) is 2.90. The van der Waals surface area contributed by atoms with Gasteiger partial charge < -0.3 is 19.7 Å². The normalized spacial score (nSPS) is 14.4. The van der Waals surface area contributed by atoms with Crippen LogP contribution in [0.5, 0.6) is 5.75 Å². The molecule has 0 aromatic heterocycles. The summed E-state index contributed by atoms with van der Waals surface area (Å²) in [4.78, 5) is 14.5. The van der Waals surface area contributed by atoms with E-state index in [4.69, 9.17) is 9.47 Å². The van der Waals surface area contributed by atoms with Gasteiger partial charge in [-0.2, -0.15) is 0 Å². The van der Waals surface area contributed by atoms with Gasteiger partial charge in [0.2, 0.25) is 0 Å². The van der Waals surface area contributed by atoms with Gasteiger partial charge in [-0.15, -0.1) is 0 Å². The van der Waals surface area contributed by atoms with Gasteiger partial charge in [0, 0.05) is 30.0 Å². The molecular formula is C18H20N2O3. The Morgan fingerprint density at radius 2 is 1.70 bits per heavy atom. The number of benzene rings is 2. The van der Waals surface area contributed by atoms with E-state index < -0.39 is 0 Å². The fourth-order valence-electron chi connectivity index (χ4n) is 2.52. The van der Waals surface area contributed by atoms with Crippen LogP contribution in [-0.2, 0) is 4.74 Å². The largest absolute Gasteiger partial charge is 0.497 e. The zero-order valence-corrected chi connectivity index (χ0v) is 13.1. The molecule has 1 saturated heterocycles. The van der Waals surface area contributed by atoms with E-state index in [9.17, 15) is 4.79 Å². The molecule has 0 unspecified atom stereocenters. The Kier molecular flexibility index (Phi) is 4.78. The molecule has 0 saturated carbocycles. The molecule has 5 nitrogen and oxygen atoms in total. The van der Waals surface area contributed by atoms with Crippen LogP contribution in [0.2, 0.25) is 0 Å². The molecular weight excluding hydrogens is 292 g/mol. The van der Waals surface area contributed by atoms with Gasteiger partial charge in [-0.05, 0) is 48.5 Å². The fraction of sp³-hybridized carbons (Fsp3) is 0.278. The molecule has 1 amide bonds. The molecule has 2 aromatic carbocycles. The zero-order chi connectivity index (χ0) is 16.1. The molecule has 0 spiro atoms. The lowest BCUT2D eigenvalue weighted by Crippen LogP contribution is -2.36. The Morgan fingerprint density at radius 1 is 1.04 bits per heavy atom. The van der Waals surface area contributed by atoms with E-state index >= 15 is 0 Å². The van der Waals surface area contributed by atoms with Crippen LogP contribution in [-0.4, -0.2) is 39.3 Å². The van der Waals surface area contributed by atoms with E-state index in [2.05, 4.69) is 10.2 Å². The van der Waals surface area contributed by atoms with Crippen molar-refractivity contribution in [1.29, 1.82) is 0 Å². The number of hydrogen-bond donors (Lipinski definition) is 1. The maximum atomic E-state index is 12.2. The zero-order valence-electron chi connectivity index (χ0n) is 13.1. The summed E-state index contributed by atoms with van der Waals surface area (Å²) in [6, 6.07) is 14.9. The predicted octanol–water partition coefficient (Wildman–Crippen LogP) is 2.78. The smallest absolute Gasteiger partial charge is 0.255 e. The molecule has 3 rings (SSSR count). The summed E-state index contributed by atoms with van der Waals surface area (Å²) in [7, 11) is 1.60. The minimum absolute atomic E-state index is 0.133. The van der Waals surface area contributed by atoms with Gasteiger partial charge >= 0.3 is 0 Å². The standard InChI is InChI=1S/C18H20N2O3/c1-22-17-8-2-14(3-9-17)18(21)19-15-4-6-16(7-5-15)20-10-12-23-13-11-20/h2-9H,10-13H2,1H3,(H,19,21). The van der Waals surface area contributed by atoms with Gasteiger partial charge in [-0.1, -0.05) is 0 Å². The average Bonchev–Trinajstić information content (AvgIpc) is 2.63. The SMILES string of the molecule is COc1ccc(C(=O)Nc2ccc(N3CCOCC3)cc2)cc1. The number of ether oxygens (including phenoxy) is 2. The quantitative estimate of drug-likeness (QED) is 0.943. The minimum atomic E-state index is -0.133. The molecule has 1 aliphatic rings. The monoisotopic (exact) mass is 312 g/mol. The molecule has 0 aliphatic carbocycles. The van der Waals surface area contributed by atoms with Gasteiger partial charge in [0.15, 0.2) is 0 Å². The van der Waals surface area contributed by atoms with Gasteiger partial charge in [0.05, 0.1) is 20.3 Å². The second-order valence-electron chi connectivity index (χ2n) is 5.33. The Morgan fingerprint density at radius 3 is 2.30 bits per heavy atom. The second-order valence-corrected chi connectivity index (χ2v) is 5.33. The van der Waals surface area contributed by atoms with E-state index in [-0.39, 0.29) is 5.91 Å². The van der Waals surface area contributed by atoms with E-state index in [1.807, 2.05) is 24.3 Å². The summed E-state index contributed by atoms with van der Waals surface area (Å²) >= 11 is 0. The van der Waals surface area contributed by atoms with Crippen molar-refractivity contribution in [3.63, 3.8) is 0 Å². The molecule has 2 aromatic rings. The number of carbonyl (C=O) groups excluding carboxylic acids is 1. The van der Waals surface area contributed by atoms with Crippen molar-refractivity contribution in [2.24, 2.45) is 0 Å². The van der Waals surface area contributed by atoms with Crippen molar-refractivity contribution in [3.8, 4) is 5.75 Å². The van der Waals surface area contributed by atoms with Gasteiger partial charge in [-0.3, -0.25) is 4.79 Å². The van der Waals surface area contributed by atoms with Crippen molar-refractivity contribution in [1.82, 2.24) is 0 Å². The summed E-state index contributed by atoms with van der Waals surface area (Å²) in [6.07, 6.45) is 0. The molecule has 0 bridgehead atoms. The Hall–Kier alpha value is -2.53. The van der Waals surface area contributed by atoms with E-state index in [0.29, 0.717) is 5.56 Å². The topological polar surface area (TPSA) is 50.8 Å². The third-order valence-corrected chi connectivity index (χ3v) is 3.85. The highest BCUT2D eigenvalue weighted by molar-refractivity contribution is 6.04. The number of nitrogens with one attached hydrogen (secondary N) is 1. The molecule has 0 radical (unpaired) electrons. The van der Waals surface area contributed by atoms with Crippen molar-refractivity contribution in [2.75, 3.05) is 43.6 Å². The maximum Gasteiger partial charge on any atom is 0.255 e. The number of hydrogen-bond acceptors (Lipinski definition) is 4. The molecule has 1 N–H and O–H groups in total. The third kappa shape index (κ3) is 3.81. The highest BCUT2D eigenvalue weighted by atomic mass is 16.5. The van der Waals surface area contributed by atoms with Crippen molar-refractivity contribution < 1.29 is 14.3 Å². The van der Waals surface area contributed by atoms with Crippen molar-refractivity contribution >= 4 is 17.3 Å². The number of amides is 1. The van der Waals surface area contributed by atoms with E-state index in [1.165, 1.54) is 0 Å². The Bertz CT molecular complexity index is 647. The number of anilines is 2. The molecule has 23 heavy (non-hydrogen) atoms. The number of morpholine rings is 1. The lowest BCUT2D eigenvalue weighted by atomic mass is 10.2. The second kappa shape index (κ2) is 7.15. The molecule has 0 atom stereocenters. The van der Waals surface area contributed by atoms with Crippen LogP contribution in [0, 0.1) is 0 Å². The van der Waals surface area contributed by atoms with E-state index in [1.54, 1.807) is 31.4 Å². The highest BCUT2D eigenvalue weighted by Gasteiger charge is 2.11. The first-order valence-corrected chi connectivity index (χ1v) is 7.64. The predicted molar refractivity (Wildman–Crippen MR) is 90.4 cm³/mol. The first-order valence-electron chi connectivity index (χ1n) is 7.64. The first-order chi connectivity index (χ1) is 11.3. The number of methoxy groups -OCH3 is 1. The van der Waals surface area contributed by atoms with Crippen LogP contribution in [0.3, 0.4) is 0 Å². The average molecular weight is 312 g/mol. The number of rotatable bonds is 4. The summed E-state index contributed by atoms with van der Waals surface area (Å²) in [5.74, 6) is 0.600. The Labute approximate surface area is 135 Å².